The van der Waals surface area contributed by atoms with Gasteiger partial charge in [-0.25, -0.2) is 9.98 Å². The molecule has 1 saturated carbocycles. The van der Waals surface area contributed by atoms with Gasteiger partial charge in [-0.3, -0.25) is 0 Å². The molecular weight excluding hydrogens is 401 g/mol. The quantitative estimate of drug-likeness (QED) is 0.457. The Labute approximate surface area is 146 Å². The number of nitrogens with zero attached hydrogens (tertiary/aromatic N) is 3. The van der Waals surface area contributed by atoms with Gasteiger partial charge < -0.3 is 15.5 Å². The molecule has 0 aliphatic heterocycles. The molecule has 114 valence electrons. The van der Waals surface area contributed by atoms with Gasteiger partial charge in [-0.05, 0) is 25.0 Å². The van der Waals surface area contributed by atoms with Crippen molar-refractivity contribution in [2.45, 2.75) is 38.3 Å². The highest BCUT2D eigenvalue weighted by Gasteiger charge is 2.14. The predicted molar refractivity (Wildman–Crippen MR) is 96.3 cm³/mol. The Bertz CT molecular complexity index is 633. The molecule has 1 fully saturated rings. The van der Waals surface area contributed by atoms with Crippen LogP contribution in [0, 0.1) is 0 Å². The first-order valence-corrected chi connectivity index (χ1v) is 7.28. The number of fused-ring (bicyclic) bond motifs is 1. The molecule has 0 unspecified atom stereocenters. The zero-order valence-corrected chi connectivity index (χ0v) is 14.7. The second kappa shape index (κ2) is 7.31. The molecule has 0 radical (unpaired) electrons. The van der Waals surface area contributed by atoms with E-state index >= 15 is 0 Å². The first-order valence-electron chi connectivity index (χ1n) is 6.90. The molecule has 1 aliphatic carbocycles. The molecule has 1 aliphatic rings. The van der Waals surface area contributed by atoms with Crippen molar-refractivity contribution in [3.63, 3.8) is 0 Å². The van der Waals surface area contributed by atoms with E-state index in [0.717, 1.165) is 11.3 Å². The third kappa shape index (κ3) is 4.23. The summed E-state index contributed by atoms with van der Waals surface area (Å²) in [7, 11) is 0. The third-order valence-corrected chi connectivity index (χ3v) is 3.81. The third-order valence-electron chi connectivity index (χ3n) is 3.58. The maximum atomic E-state index is 5.94. The average Bonchev–Trinajstić information content (AvgIpc) is 3.04. The molecule has 0 aromatic carbocycles. The van der Waals surface area contributed by atoms with Crippen LogP contribution in [0.25, 0.3) is 5.65 Å². The Morgan fingerprint density at radius 2 is 2.14 bits per heavy atom. The van der Waals surface area contributed by atoms with E-state index in [1.54, 1.807) is 0 Å². The summed E-state index contributed by atoms with van der Waals surface area (Å²) in [5.74, 6) is 0.506. The van der Waals surface area contributed by atoms with Gasteiger partial charge in [-0.2, -0.15) is 0 Å². The van der Waals surface area contributed by atoms with Gasteiger partial charge in [-0.1, -0.05) is 24.4 Å². The van der Waals surface area contributed by atoms with E-state index in [4.69, 9.17) is 17.3 Å². The summed E-state index contributed by atoms with van der Waals surface area (Å²) in [6.45, 7) is 0.477. The minimum atomic E-state index is 0. The molecule has 2 aromatic rings. The molecule has 3 rings (SSSR count). The van der Waals surface area contributed by atoms with Gasteiger partial charge in [0, 0.05) is 18.4 Å². The van der Waals surface area contributed by atoms with Gasteiger partial charge in [0.25, 0.3) is 0 Å². The average molecular weight is 420 g/mol. The molecule has 7 heteroatoms. The number of aromatic nitrogens is 2. The minimum Gasteiger partial charge on any atom is -0.370 e. The number of imidazole rings is 1. The van der Waals surface area contributed by atoms with Crippen LogP contribution in [-0.4, -0.2) is 21.4 Å². The molecule has 0 saturated heterocycles. The van der Waals surface area contributed by atoms with E-state index in [1.165, 1.54) is 25.7 Å². The van der Waals surface area contributed by atoms with E-state index in [1.807, 2.05) is 28.9 Å². The van der Waals surface area contributed by atoms with Crippen LogP contribution in [0.15, 0.2) is 29.5 Å². The summed E-state index contributed by atoms with van der Waals surface area (Å²) in [6.07, 6.45) is 8.67. The molecule has 2 heterocycles. The molecular formula is C14H19ClIN5. The molecule has 5 nitrogen and oxygen atoms in total. The predicted octanol–water partition coefficient (Wildman–Crippen LogP) is 2.95. The van der Waals surface area contributed by atoms with Crippen LogP contribution in [0.4, 0.5) is 0 Å². The van der Waals surface area contributed by atoms with E-state index in [-0.39, 0.29) is 24.0 Å². The number of rotatable bonds is 3. The number of hydrogen-bond acceptors (Lipinski definition) is 2. The Morgan fingerprint density at radius 3 is 2.90 bits per heavy atom. The molecule has 0 bridgehead atoms. The number of nitrogens with one attached hydrogen (secondary N) is 1. The number of aliphatic imine (C=N–C) groups is 1. The summed E-state index contributed by atoms with van der Waals surface area (Å²) in [4.78, 5) is 8.82. The zero-order chi connectivity index (χ0) is 13.9. The van der Waals surface area contributed by atoms with Crippen molar-refractivity contribution in [1.29, 1.82) is 0 Å². The van der Waals surface area contributed by atoms with Crippen molar-refractivity contribution in [2.75, 3.05) is 0 Å². The fraction of sp³-hybridized carbons (Fsp3) is 0.429. The van der Waals surface area contributed by atoms with Crippen molar-refractivity contribution >= 4 is 47.2 Å². The largest absolute Gasteiger partial charge is 0.370 e. The van der Waals surface area contributed by atoms with Crippen LogP contribution >= 0.6 is 35.6 Å². The van der Waals surface area contributed by atoms with Crippen LogP contribution < -0.4 is 11.1 Å². The van der Waals surface area contributed by atoms with Gasteiger partial charge in [0.1, 0.15) is 5.65 Å². The van der Waals surface area contributed by atoms with Crippen LogP contribution in [-0.2, 0) is 6.54 Å². The molecule has 21 heavy (non-hydrogen) atoms. The highest BCUT2D eigenvalue weighted by Crippen LogP contribution is 2.17. The number of nitrogens with two attached hydrogens (primary N) is 1. The highest BCUT2D eigenvalue weighted by molar-refractivity contribution is 14.0. The maximum absolute atomic E-state index is 5.94. The maximum Gasteiger partial charge on any atom is 0.189 e. The summed E-state index contributed by atoms with van der Waals surface area (Å²) in [6, 6.07) is 4.20. The lowest BCUT2D eigenvalue weighted by molar-refractivity contribution is 0.625. The Kier molecular flexibility index (Phi) is 5.69. The molecule has 0 spiro atoms. The first-order chi connectivity index (χ1) is 9.70. The van der Waals surface area contributed by atoms with Gasteiger partial charge in [0.15, 0.2) is 5.96 Å². The van der Waals surface area contributed by atoms with Gasteiger partial charge in [-0.15, -0.1) is 24.0 Å². The summed E-state index contributed by atoms with van der Waals surface area (Å²) < 4.78 is 1.90. The summed E-state index contributed by atoms with van der Waals surface area (Å²) in [5.41, 5.74) is 7.64. The van der Waals surface area contributed by atoms with Crippen molar-refractivity contribution in [3.05, 3.63) is 35.2 Å². The topological polar surface area (TPSA) is 67.7 Å². The van der Waals surface area contributed by atoms with Crippen LogP contribution in [0.2, 0.25) is 5.02 Å². The smallest absolute Gasteiger partial charge is 0.189 e. The first kappa shape index (κ1) is 16.4. The number of hydrogen-bond donors (Lipinski definition) is 2. The lowest BCUT2D eigenvalue weighted by atomic mass is 10.2. The van der Waals surface area contributed by atoms with E-state index in [2.05, 4.69) is 15.3 Å². The van der Waals surface area contributed by atoms with Crippen molar-refractivity contribution in [2.24, 2.45) is 10.7 Å². The fourth-order valence-electron chi connectivity index (χ4n) is 2.58. The molecule has 3 N–H and O–H groups in total. The zero-order valence-electron chi connectivity index (χ0n) is 11.6. The standard InChI is InChI=1S/C14H18ClN5.HI/c15-10-5-6-13-18-12(9-20(13)8-10)7-17-14(16)19-11-3-1-2-4-11;/h5-6,8-9,11H,1-4,7H2,(H3,16,17,19);1H. The lowest BCUT2D eigenvalue weighted by Crippen LogP contribution is -2.38. The lowest BCUT2D eigenvalue weighted by Gasteiger charge is -2.11. The highest BCUT2D eigenvalue weighted by atomic mass is 127. The second-order valence-corrected chi connectivity index (χ2v) is 5.61. The van der Waals surface area contributed by atoms with Crippen molar-refractivity contribution in [1.82, 2.24) is 14.7 Å². The normalized spacial score (nSPS) is 16.1. The van der Waals surface area contributed by atoms with Crippen molar-refractivity contribution < 1.29 is 0 Å². The van der Waals surface area contributed by atoms with Gasteiger partial charge in [0.05, 0.1) is 17.3 Å². The number of guanidine groups is 1. The Morgan fingerprint density at radius 1 is 1.38 bits per heavy atom. The van der Waals surface area contributed by atoms with Crippen LogP contribution in [0.1, 0.15) is 31.4 Å². The van der Waals surface area contributed by atoms with Crippen LogP contribution in [0.3, 0.4) is 0 Å². The molecule has 0 atom stereocenters. The molecule has 2 aromatic heterocycles. The van der Waals surface area contributed by atoms with E-state index in [0.29, 0.717) is 23.6 Å². The number of halogens is 2. The Balaban J connectivity index is 0.00000161. The van der Waals surface area contributed by atoms with Crippen LogP contribution in [0.5, 0.6) is 0 Å². The SMILES string of the molecule is I.NC(=NCc1cn2cc(Cl)ccc2n1)NC1CCCC1. The van der Waals surface area contributed by atoms with Crippen molar-refractivity contribution in [3.8, 4) is 0 Å². The molecule has 0 amide bonds. The number of pyridine rings is 1. The van der Waals surface area contributed by atoms with Gasteiger partial charge in [0.2, 0.25) is 0 Å². The minimum absolute atomic E-state index is 0. The summed E-state index contributed by atoms with van der Waals surface area (Å²) in [5, 5.41) is 3.95. The van der Waals surface area contributed by atoms with E-state index in [9.17, 15) is 0 Å². The van der Waals surface area contributed by atoms with E-state index < -0.39 is 0 Å². The van der Waals surface area contributed by atoms with Gasteiger partial charge >= 0.3 is 0 Å². The Hall–Kier alpha value is -1.02. The summed E-state index contributed by atoms with van der Waals surface area (Å²) >= 11 is 5.94. The second-order valence-electron chi connectivity index (χ2n) is 5.17. The monoisotopic (exact) mass is 419 g/mol. The fourth-order valence-corrected chi connectivity index (χ4v) is 2.75.